The Morgan fingerprint density at radius 2 is 2.10 bits per heavy atom. The zero-order chi connectivity index (χ0) is 22.2. The Balaban J connectivity index is 1.71. The summed E-state index contributed by atoms with van der Waals surface area (Å²) in [5.74, 6) is 0.579. The number of aliphatic hydroxyl groups is 1. The molecule has 31 heavy (non-hydrogen) atoms. The van der Waals surface area contributed by atoms with E-state index in [-0.39, 0.29) is 5.69 Å². The topological polar surface area (TPSA) is 119 Å². The van der Waals surface area contributed by atoms with Crippen molar-refractivity contribution in [1.82, 2.24) is 20.4 Å². The largest absolute Gasteiger partial charge is 0.497 e. The third-order valence-electron chi connectivity index (χ3n) is 4.24. The average Bonchev–Trinajstić information content (AvgIpc) is 2.79. The van der Waals surface area contributed by atoms with E-state index in [4.69, 9.17) is 9.47 Å². The van der Waals surface area contributed by atoms with Gasteiger partial charge in [-0.2, -0.15) is 5.10 Å². The summed E-state index contributed by atoms with van der Waals surface area (Å²) in [5.41, 5.74) is 5.08. The number of aromatic nitrogens is 3. The van der Waals surface area contributed by atoms with E-state index in [1.807, 2.05) is 6.92 Å². The molecule has 0 radical (unpaired) electrons. The van der Waals surface area contributed by atoms with Crippen LogP contribution in [0.25, 0.3) is 11.3 Å². The maximum atomic E-state index is 12.4. The molecule has 1 atom stereocenters. The number of nitrogens with one attached hydrogen (secondary N) is 1. The van der Waals surface area contributed by atoms with Crippen molar-refractivity contribution in [3.05, 3.63) is 65.7 Å². The van der Waals surface area contributed by atoms with E-state index in [0.29, 0.717) is 40.6 Å². The predicted octanol–water partition coefficient (Wildman–Crippen LogP) is 2.76. The zero-order valence-corrected chi connectivity index (χ0v) is 17.4. The van der Waals surface area contributed by atoms with Crippen LogP contribution in [-0.2, 0) is 0 Å². The molecule has 3 aromatic rings. The summed E-state index contributed by atoms with van der Waals surface area (Å²) < 4.78 is 10.6. The molecule has 2 aromatic heterocycles. The van der Waals surface area contributed by atoms with Crippen molar-refractivity contribution in [2.75, 3.05) is 13.7 Å². The minimum atomic E-state index is -0.660. The molecule has 0 saturated carbocycles. The monoisotopic (exact) mass is 421 g/mol. The quantitative estimate of drug-likeness (QED) is 0.424. The maximum absolute atomic E-state index is 12.4. The van der Waals surface area contributed by atoms with E-state index < -0.39 is 12.0 Å². The highest BCUT2D eigenvalue weighted by atomic mass is 16.5. The van der Waals surface area contributed by atoms with Crippen molar-refractivity contribution in [2.45, 2.75) is 20.0 Å². The minimum Gasteiger partial charge on any atom is -0.497 e. The Hall–Kier alpha value is -3.85. The Bertz CT molecular complexity index is 1070. The molecule has 0 fully saturated rings. The predicted molar refractivity (Wildman–Crippen MR) is 115 cm³/mol. The average molecular weight is 421 g/mol. The van der Waals surface area contributed by atoms with Crippen molar-refractivity contribution < 1.29 is 19.4 Å². The second-order valence-corrected chi connectivity index (χ2v) is 6.52. The molecule has 0 bridgehead atoms. The van der Waals surface area contributed by atoms with Crippen molar-refractivity contribution in [1.29, 1.82) is 0 Å². The van der Waals surface area contributed by atoms with Crippen LogP contribution < -0.4 is 14.9 Å². The molecule has 0 aliphatic heterocycles. The van der Waals surface area contributed by atoms with Gasteiger partial charge in [-0.1, -0.05) is 0 Å². The van der Waals surface area contributed by atoms with Gasteiger partial charge in [0.05, 0.1) is 44.1 Å². The van der Waals surface area contributed by atoms with Gasteiger partial charge in [0, 0.05) is 17.8 Å². The van der Waals surface area contributed by atoms with Gasteiger partial charge in [0.15, 0.2) is 0 Å². The van der Waals surface area contributed by atoms with Crippen LogP contribution in [0.1, 0.15) is 41.6 Å². The summed E-state index contributed by atoms with van der Waals surface area (Å²) in [5, 5.41) is 13.8. The lowest BCUT2D eigenvalue weighted by atomic mass is 10.1. The number of ether oxygens (including phenoxy) is 2. The van der Waals surface area contributed by atoms with Crippen LogP contribution in [0.4, 0.5) is 0 Å². The van der Waals surface area contributed by atoms with Gasteiger partial charge in [-0.3, -0.25) is 9.78 Å². The normalized spacial score (nSPS) is 11.9. The van der Waals surface area contributed by atoms with Gasteiger partial charge in [-0.05, 0) is 49.2 Å². The summed E-state index contributed by atoms with van der Waals surface area (Å²) in [7, 11) is 1.54. The lowest BCUT2D eigenvalue weighted by molar-refractivity contribution is 0.0950. The van der Waals surface area contributed by atoms with Crippen LogP contribution in [0.2, 0.25) is 0 Å². The molecule has 2 heterocycles. The van der Waals surface area contributed by atoms with E-state index in [1.54, 1.807) is 49.6 Å². The fourth-order valence-electron chi connectivity index (χ4n) is 2.68. The lowest BCUT2D eigenvalue weighted by Crippen LogP contribution is -2.19. The number of carbonyl (C=O) groups excluding carboxylic acids is 1. The number of pyridine rings is 1. The number of methoxy groups -OCH3 is 1. The molecule has 9 heteroatoms. The Labute approximate surface area is 179 Å². The first-order valence-corrected chi connectivity index (χ1v) is 9.62. The van der Waals surface area contributed by atoms with Crippen molar-refractivity contribution in [3.63, 3.8) is 0 Å². The van der Waals surface area contributed by atoms with Gasteiger partial charge < -0.3 is 14.6 Å². The van der Waals surface area contributed by atoms with Crippen molar-refractivity contribution in [2.24, 2.45) is 5.10 Å². The van der Waals surface area contributed by atoms with E-state index in [1.165, 1.54) is 19.5 Å². The molecule has 9 nitrogen and oxygen atoms in total. The maximum Gasteiger partial charge on any atom is 0.291 e. The van der Waals surface area contributed by atoms with Gasteiger partial charge in [0.25, 0.3) is 5.91 Å². The van der Waals surface area contributed by atoms with E-state index in [9.17, 15) is 9.90 Å². The van der Waals surface area contributed by atoms with E-state index >= 15 is 0 Å². The first kappa shape index (κ1) is 21.8. The number of amides is 1. The van der Waals surface area contributed by atoms with Gasteiger partial charge in [0.2, 0.25) is 5.88 Å². The summed E-state index contributed by atoms with van der Waals surface area (Å²) in [6, 6.07) is 8.75. The van der Waals surface area contributed by atoms with Crippen LogP contribution in [0.15, 0.2) is 54.0 Å². The van der Waals surface area contributed by atoms with Crippen LogP contribution in [0, 0.1) is 0 Å². The Kier molecular flexibility index (Phi) is 7.23. The standard InChI is InChI=1S/C22H23N5O4/c1-4-31-21-6-5-16(11-24-21)19-12-23-13-20(26-19)22(29)27-25-10-15-7-17(14(2)28)9-18(8-15)30-3/h5-14,28H,4H2,1-3H3,(H,27,29)/b25-10+. The molecule has 160 valence electrons. The fourth-order valence-corrected chi connectivity index (χ4v) is 2.68. The highest BCUT2D eigenvalue weighted by molar-refractivity contribution is 5.93. The molecule has 0 saturated heterocycles. The smallest absolute Gasteiger partial charge is 0.291 e. The molecule has 0 aliphatic carbocycles. The van der Waals surface area contributed by atoms with Gasteiger partial charge >= 0.3 is 0 Å². The number of rotatable bonds is 8. The highest BCUT2D eigenvalue weighted by Crippen LogP contribution is 2.21. The number of hydrogen-bond donors (Lipinski definition) is 2. The minimum absolute atomic E-state index is 0.110. The third kappa shape index (κ3) is 5.83. The van der Waals surface area contributed by atoms with Crippen LogP contribution in [0.3, 0.4) is 0 Å². The van der Waals surface area contributed by atoms with E-state index in [0.717, 1.165) is 0 Å². The first-order chi connectivity index (χ1) is 15.0. The van der Waals surface area contributed by atoms with Gasteiger partial charge in [-0.25, -0.2) is 15.4 Å². The molecule has 0 spiro atoms. The van der Waals surface area contributed by atoms with Crippen molar-refractivity contribution in [3.8, 4) is 22.9 Å². The highest BCUT2D eigenvalue weighted by Gasteiger charge is 2.10. The number of carbonyl (C=O) groups is 1. The first-order valence-electron chi connectivity index (χ1n) is 9.62. The molecule has 2 N–H and O–H groups in total. The summed E-state index contributed by atoms with van der Waals surface area (Å²) >= 11 is 0. The molecule has 0 aliphatic rings. The summed E-state index contributed by atoms with van der Waals surface area (Å²) in [6.07, 6.45) is 5.31. The van der Waals surface area contributed by atoms with Crippen LogP contribution in [-0.4, -0.2) is 45.9 Å². The molecule has 1 aromatic carbocycles. The van der Waals surface area contributed by atoms with Crippen LogP contribution >= 0.6 is 0 Å². The number of benzene rings is 1. The lowest BCUT2D eigenvalue weighted by Gasteiger charge is -2.09. The fraction of sp³-hybridized carbons (Fsp3) is 0.227. The third-order valence-corrected chi connectivity index (χ3v) is 4.24. The summed E-state index contributed by atoms with van der Waals surface area (Å²) in [6.45, 7) is 4.06. The van der Waals surface area contributed by atoms with Crippen molar-refractivity contribution >= 4 is 12.1 Å². The molecule has 3 rings (SSSR count). The number of nitrogens with zero attached hydrogens (tertiary/aromatic N) is 4. The SMILES string of the molecule is CCOc1ccc(-c2cncc(C(=O)N/N=C/c3cc(OC)cc(C(C)O)c3)n2)cn1. The Morgan fingerprint density at radius 3 is 2.77 bits per heavy atom. The number of hydrazone groups is 1. The Morgan fingerprint density at radius 1 is 1.26 bits per heavy atom. The molecule has 1 amide bonds. The van der Waals surface area contributed by atoms with Gasteiger partial charge in [-0.15, -0.1) is 0 Å². The number of aliphatic hydroxyl groups excluding tert-OH is 1. The summed E-state index contributed by atoms with van der Waals surface area (Å²) in [4.78, 5) is 25.0. The molecule has 1 unspecified atom stereocenters. The molecular weight excluding hydrogens is 398 g/mol. The zero-order valence-electron chi connectivity index (χ0n) is 17.4. The second kappa shape index (κ2) is 10.3. The number of hydrogen-bond acceptors (Lipinski definition) is 8. The molecular formula is C22H23N5O4. The van der Waals surface area contributed by atoms with Gasteiger partial charge in [0.1, 0.15) is 11.4 Å². The van der Waals surface area contributed by atoms with E-state index in [2.05, 4.69) is 25.5 Å². The second-order valence-electron chi connectivity index (χ2n) is 6.52. The van der Waals surface area contributed by atoms with Crippen LogP contribution in [0.5, 0.6) is 11.6 Å².